The molecule has 1 heterocycles. The Labute approximate surface area is 160 Å². The molecule has 0 saturated carbocycles. The summed E-state index contributed by atoms with van der Waals surface area (Å²) in [6, 6.07) is 1.03. The van der Waals surface area contributed by atoms with Crippen LogP contribution in [-0.2, 0) is 19.6 Å². The normalized spacial score (nSPS) is 17.5. The molecule has 1 aliphatic rings. The van der Waals surface area contributed by atoms with Crippen LogP contribution in [0.25, 0.3) is 0 Å². The molecule has 1 aromatic carbocycles. The number of carbonyl (C=O) groups is 2. The number of carboxylic acids is 1. The molecule has 150 valence electrons. The van der Waals surface area contributed by atoms with Gasteiger partial charge in [0.25, 0.3) is 0 Å². The number of amides is 1. The van der Waals surface area contributed by atoms with Gasteiger partial charge in [-0.1, -0.05) is 6.07 Å². The van der Waals surface area contributed by atoms with Crippen LogP contribution in [0.5, 0.6) is 0 Å². The number of sulfonamides is 1. The quantitative estimate of drug-likeness (QED) is 0.791. The maximum absolute atomic E-state index is 13.2. The fourth-order valence-corrected chi connectivity index (χ4v) is 5.49. The summed E-state index contributed by atoms with van der Waals surface area (Å²) in [5.41, 5.74) is 3.39. The van der Waals surface area contributed by atoms with Crippen molar-refractivity contribution in [1.29, 1.82) is 0 Å². The average Bonchev–Trinajstić information content (AvgIpc) is 2.60. The molecule has 2 N–H and O–H groups in total. The summed E-state index contributed by atoms with van der Waals surface area (Å²) in [6.45, 7) is 9.35. The van der Waals surface area contributed by atoms with Crippen LogP contribution in [0.1, 0.15) is 42.0 Å². The number of aryl methyl sites for hydroxylation is 2. The first-order chi connectivity index (χ1) is 12.5. The monoisotopic (exact) mass is 396 g/mol. The molecule has 0 aromatic heterocycles. The number of nitrogens with zero attached hydrogens (tertiary/aromatic N) is 1. The molecular formula is C19H28N2O5S. The van der Waals surface area contributed by atoms with Gasteiger partial charge < -0.3 is 10.4 Å². The minimum absolute atomic E-state index is 0.244. The van der Waals surface area contributed by atoms with E-state index in [1.54, 1.807) is 0 Å². The zero-order chi connectivity index (χ0) is 20.5. The van der Waals surface area contributed by atoms with Gasteiger partial charge in [-0.3, -0.25) is 9.59 Å². The van der Waals surface area contributed by atoms with Crippen LogP contribution in [-0.4, -0.2) is 48.8 Å². The van der Waals surface area contributed by atoms with Gasteiger partial charge in [0.15, 0.2) is 0 Å². The lowest BCUT2D eigenvalue weighted by Gasteiger charge is -2.32. The van der Waals surface area contributed by atoms with Crippen molar-refractivity contribution >= 4 is 21.9 Å². The van der Waals surface area contributed by atoms with Gasteiger partial charge in [0.05, 0.1) is 4.90 Å². The fourth-order valence-electron chi connectivity index (χ4n) is 3.45. The van der Waals surface area contributed by atoms with Gasteiger partial charge in [0.1, 0.15) is 6.04 Å². The van der Waals surface area contributed by atoms with Crippen LogP contribution in [0.15, 0.2) is 11.0 Å². The topological polar surface area (TPSA) is 104 Å². The van der Waals surface area contributed by atoms with E-state index in [2.05, 4.69) is 5.32 Å². The molecule has 0 bridgehead atoms. The average molecular weight is 397 g/mol. The molecule has 1 saturated heterocycles. The Balaban J connectivity index is 2.16. The molecule has 2 rings (SSSR count). The Bertz CT molecular complexity index is 829. The van der Waals surface area contributed by atoms with E-state index in [-0.39, 0.29) is 24.9 Å². The molecule has 0 unspecified atom stereocenters. The van der Waals surface area contributed by atoms with Crippen molar-refractivity contribution in [2.45, 2.75) is 58.4 Å². The van der Waals surface area contributed by atoms with Gasteiger partial charge in [-0.2, -0.15) is 4.31 Å². The Morgan fingerprint density at radius 2 is 1.59 bits per heavy atom. The van der Waals surface area contributed by atoms with Gasteiger partial charge in [0, 0.05) is 19.0 Å². The number of benzene rings is 1. The SMILES string of the molecule is Cc1cc(C)c(C)c(S(=O)(=O)N2CCC(C(=O)N[C@@H](C)C(=O)O)CC2)c1C. The number of rotatable bonds is 5. The van der Waals surface area contributed by atoms with Gasteiger partial charge in [-0.15, -0.1) is 0 Å². The Kier molecular flexibility index (Phi) is 6.32. The summed E-state index contributed by atoms with van der Waals surface area (Å²) >= 11 is 0. The minimum Gasteiger partial charge on any atom is -0.480 e. The molecule has 0 aliphatic carbocycles. The van der Waals surface area contributed by atoms with Crippen LogP contribution >= 0.6 is 0 Å². The molecule has 27 heavy (non-hydrogen) atoms. The second kappa shape index (κ2) is 7.98. The van der Waals surface area contributed by atoms with Crippen molar-refractivity contribution in [1.82, 2.24) is 9.62 Å². The Morgan fingerprint density at radius 1 is 1.11 bits per heavy atom. The summed E-state index contributed by atoms with van der Waals surface area (Å²) in [5.74, 6) is -1.80. The second-order valence-corrected chi connectivity index (χ2v) is 9.21. The number of carboxylic acid groups (broad SMARTS) is 1. The Hall–Kier alpha value is -1.93. The largest absolute Gasteiger partial charge is 0.480 e. The summed E-state index contributed by atoms with van der Waals surface area (Å²) < 4.78 is 27.9. The second-order valence-electron chi connectivity index (χ2n) is 7.34. The van der Waals surface area contributed by atoms with Crippen LogP contribution in [0.2, 0.25) is 0 Å². The highest BCUT2D eigenvalue weighted by Gasteiger charge is 2.34. The lowest BCUT2D eigenvalue weighted by atomic mass is 9.97. The van der Waals surface area contributed by atoms with Crippen molar-refractivity contribution < 1.29 is 23.1 Å². The zero-order valence-corrected chi connectivity index (χ0v) is 17.3. The molecule has 7 nitrogen and oxygen atoms in total. The maximum atomic E-state index is 13.2. The van der Waals surface area contributed by atoms with E-state index >= 15 is 0 Å². The van der Waals surface area contributed by atoms with E-state index in [1.165, 1.54) is 11.2 Å². The summed E-state index contributed by atoms with van der Waals surface area (Å²) in [7, 11) is -3.65. The number of piperidine rings is 1. The predicted molar refractivity (Wildman–Crippen MR) is 102 cm³/mol. The molecule has 1 atom stereocenters. The summed E-state index contributed by atoms with van der Waals surface area (Å²) in [4.78, 5) is 23.4. The molecule has 1 aromatic rings. The number of carbonyl (C=O) groups excluding carboxylic acids is 1. The first-order valence-corrected chi connectivity index (χ1v) is 10.5. The third kappa shape index (κ3) is 4.32. The maximum Gasteiger partial charge on any atom is 0.325 e. The van der Waals surface area contributed by atoms with E-state index in [0.717, 1.165) is 22.3 Å². The molecule has 1 fully saturated rings. The van der Waals surface area contributed by atoms with Gasteiger partial charge >= 0.3 is 5.97 Å². The first kappa shape index (κ1) is 21.4. The van der Waals surface area contributed by atoms with E-state index in [4.69, 9.17) is 5.11 Å². The molecule has 1 amide bonds. The zero-order valence-electron chi connectivity index (χ0n) is 16.5. The van der Waals surface area contributed by atoms with Crippen LogP contribution in [0.3, 0.4) is 0 Å². The Morgan fingerprint density at radius 3 is 2.04 bits per heavy atom. The molecule has 1 aliphatic heterocycles. The third-order valence-corrected chi connectivity index (χ3v) is 7.62. The predicted octanol–water partition coefficient (Wildman–Crippen LogP) is 1.91. The lowest BCUT2D eigenvalue weighted by molar-refractivity contribution is -0.142. The highest BCUT2D eigenvalue weighted by Crippen LogP contribution is 2.31. The number of nitrogens with one attached hydrogen (secondary N) is 1. The third-order valence-electron chi connectivity index (χ3n) is 5.45. The first-order valence-electron chi connectivity index (χ1n) is 9.07. The minimum atomic E-state index is -3.65. The smallest absolute Gasteiger partial charge is 0.325 e. The number of hydrogen-bond acceptors (Lipinski definition) is 4. The lowest BCUT2D eigenvalue weighted by Crippen LogP contribution is -2.46. The van der Waals surface area contributed by atoms with Gasteiger partial charge in [0.2, 0.25) is 15.9 Å². The fraction of sp³-hybridized carbons (Fsp3) is 0.579. The van der Waals surface area contributed by atoms with Crippen molar-refractivity contribution in [3.05, 3.63) is 28.3 Å². The van der Waals surface area contributed by atoms with E-state index < -0.39 is 22.0 Å². The summed E-state index contributed by atoms with van der Waals surface area (Å²) in [5, 5.41) is 11.4. The summed E-state index contributed by atoms with van der Waals surface area (Å²) in [6.07, 6.45) is 0.751. The van der Waals surface area contributed by atoms with Crippen molar-refractivity contribution in [2.24, 2.45) is 5.92 Å². The van der Waals surface area contributed by atoms with Crippen molar-refractivity contribution in [3.63, 3.8) is 0 Å². The van der Waals surface area contributed by atoms with E-state index in [0.29, 0.717) is 17.7 Å². The number of aliphatic carboxylic acids is 1. The molecule has 0 spiro atoms. The van der Waals surface area contributed by atoms with Crippen LogP contribution < -0.4 is 5.32 Å². The van der Waals surface area contributed by atoms with Crippen molar-refractivity contribution in [3.8, 4) is 0 Å². The van der Waals surface area contributed by atoms with E-state index in [1.807, 2.05) is 33.8 Å². The van der Waals surface area contributed by atoms with Gasteiger partial charge in [-0.05, 0) is 69.7 Å². The van der Waals surface area contributed by atoms with Crippen LogP contribution in [0.4, 0.5) is 0 Å². The molecule has 8 heteroatoms. The highest BCUT2D eigenvalue weighted by atomic mass is 32.2. The van der Waals surface area contributed by atoms with Crippen LogP contribution in [0, 0.1) is 33.6 Å². The highest BCUT2D eigenvalue weighted by molar-refractivity contribution is 7.89. The number of hydrogen-bond donors (Lipinski definition) is 2. The molecule has 0 radical (unpaired) electrons. The molecular weight excluding hydrogens is 368 g/mol. The van der Waals surface area contributed by atoms with E-state index in [9.17, 15) is 18.0 Å². The standard InChI is InChI=1S/C19H28N2O5S/c1-11-10-12(2)14(4)17(13(11)3)27(25,26)21-8-6-16(7-9-21)18(22)20-15(5)19(23)24/h10,15-16H,6-9H2,1-5H3,(H,20,22)(H,23,24)/t15-/m0/s1. The van der Waals surface area contributed by atoms with Gasteiger partial charge in [-0.25, -0.2) is 8.42 Å². The van der Waals surface area contributed by atoms with Crippen molar-refractivity contribution in [2.75, 3.05) is 13.1 Å².